The number of carboxylic acids is 1. The molecule has 0 atom stereocenters. The molecule has 1 amide bonds. The molecule has 0 aromatic heterocycles. The predicted octanol–water partition coefficient (Wildman–Crippen LogP) is 2.37. The number of carbonyl (C=O) groups excluding carboxylic acids is 1. The van der Waals surface area contributed by atoms with Crippen molar-refractivity contribution in [3.63, 3.8) is 0 Å². The first-order chi connectivity index (χ1) is 9.04. The van der Waals surface area contributed by atoms with Crippen molar-refractivity contribution < 1.29 is 14.7 Å². The van der Waals surface area contributed by atoms with Crippen molar-refractivity contribution in [1.82, 2.24) is 5.32 Å². The molecule has 6 heteroatoms. The van der Waals surface area contributed by atoms with Gasteiger partial charge in [-0.25, -0.2) is 4.79 Å². The highest BCUT2D eigenvalue weighted by molar-refractivity contribution is 6.31. The third-order valence-electron chi connectivity index (χ3n) is 2.45. The highest BCUT2D eigenvalue weighted by atomic mass is 35.5. The number of hydrogen-bond donors (Lipinski definition) is 3. The Hall–Kier alpha value is -1.75. The molecular formula is C13H17ClN2O3. The molecule has 1 aromatic rings. The third-order valence-corrected chi connectivity index (χ3v) is 2.69. The molecule has 0 unspecified atom stereocenters. The average Bonchev–Trinajstić information content (AvgIpc) is 2.37. The van der Waals surface area contributed by atoms with E-state index in [1.165, 1.54) is 6.07 Å². The smallest absolute Gasteiger partial charge is 0.337 e. The van der Waals surface area contributed by atoms with Gasteiger partial charge in [-0.2, -0.15) is 0 Å². The van der Waals surface area contributed by atoms with Crippen LogP contribution in [0.4, 0.5) is 5.69 Å². The molecule has 0 heterocycles. The summed E-state index contributed by atoms with van der Waals surface area (Å²) in [5.74, 6) is -1.11. The Morgan fingerprint density at radius 2 is 2.05 bits per heavy atom. The molecule has 5 nitrogen and oxygen atoms in total. The summed E-state index contributed by atoms with van der Waals surface area (Å²) >= 11 is 5.75. The number of amides is 1. The summed E-state index contributed by atoms with van der Waals surface area (Å²) in [7, 11) is 0. The van der Waals surface area contributed by atoms with Gasteiger partial charge >= 0.3 is 5.97 Å². The summed E-state index contributed by atoms with van der Waals surface area (Å²) in [5.41, 5.74) is 0.557. The summed E-state index contributed by atoms with van der Waals surface area (Å²) in [5, 5.41) is 15.1. The molecule has 1 rings (SSSR count). The van der Waals surface area contributed by atoms with Gasteiger partial charge in [0.05, 0.1) is 5.56 Å². The number of nitrogens with one attached hydrogen (secondary N) is 2. The van der Waals surface area contributed by atoms with Gasteiger partial charge in [-0.15, -0.1) is 0 Å². The maximum absolute atomic E-state index is 11.4. The van der Waals surface area contributed by atoms with Gasteiger partial charge in [-0.05, 0) is 24.6 Å². The second kappa shape index (κ2) is 7.63. The topological polar surface area (TPSA) is 78.4 Å². The van der Waals surface area contributed by atoms with Crippen LogP contribution in [0.15, 0.2) is 18.2 Å². The van der Waals surface area contributed by atoms with Crippen LogP contribution in [-0.2, 0) is 4.79 Å². The SMILES string of the molecule is CCCNC(=O)CCNc1ccc(Cl)cc1C(=O)O. The normalized spacial score (nSPS) is 10.0. The molecule has 104 valence electrons. The minimum absolute atomic E-state index is 0.0554. The number of carbonyl (C=O) groups is 2. The summed E-state index contributed by atoms with van der Waals surface area (Å²) in [6.45, 7) is 3.00. The van der Waals surface area contributed by atoms with Gasteiger partial charge in [0.2, 0.25) is 5.91 Å². The molecule has 0 aliphatic carbocycles. The Bertz CT molecular complexity index is 463. The molecule has 0 aliphatic rings. The highest BCUT2D eigenvalue weighted by Crippen LogP contribution is 2.20. The molecule has 0 aliphatic heterocycles. The van der Waals surface area contributed by atoms with E-state index in [0.29, 0.717) is 30.2 Å². The number of rotatable bonds is 7. The summed E-state index contributed by atoms with van der Waals surface area (Å²) in [6.07, 6.45) is 1.18. The fourth-order valence-corrected chi connectivity index (χ4v) is 1.68. The molecule has 0 saturated heterocycles. The van der Waals surface area contributed by atoms with Crippen LogP contribution in [0, 0.1) is 0 Å². The van der Waals surface area contributed by atoms with Gasteiger partial charge in [0, 0.05) is 30.2 Å². The van der Waals surface area contributed by atoms with E-state index in [4.69, 9.17) is 16.7 Å². The first-order valence-electron chi connectivity index (χ1n) is 6.08. The number of hydrogen-bond acceptors (Lipinski definition) is 3. The molecule has 19 heavy (non-hydrogen) atoms. The maximum atomic E-state index is 11.4. The van der Waals surface area contributed by atoms with Crippen molar-refractivity contribution in [2.75, 3.05) is 18.4 Å². The lowest BCUT2D eigenvalue weighted by atomic mass is 10.1. The molecule has 1 aromatic carbocycles. The Morgan fingerprint density at radius 1 is 1.32 bits per heavy atom. The third kappa shape index (κ3) is 5.18. The van der Waals surface area contributed by atoms with Crippen LogP contribution in [0.1, 0.15) is 30.1 Å². The van der Waals surface area contributed by atoms with Crippen molar-refractivity contribution in [3.05, 3.63) is 28.8 Å². The minimum Gasteiger partial charge on any atom is -0.478 e. The number of benzene rings is 1. The standard InChI is InChI=1S/C13H17ClN2O3/c1-2-6-16-12(17)5-7-15-11-4-3-9(14)8-10(11)13(18)19/h3-4,8,15H,2,5-7H2,1H3,(H,16,17)(H,18,19). The zero-order valence-corrected chi connectivity index (χ0v) is 11.5. The molecular weight excluding hydrogens is 268 g/mol. The Morgan fingerprint density at radius 3 is 2.68 bits per heavy atom. The molecule has 0 bridgehead atoms. The van der Waals surface area contributed by atoms with E-state index in [1.807, 2.05) is 6.92 Å². The lowest BCUT2D eigenvalue weighted by molar-refractivity contribution is -0.120. The van der Waals surface area contributed by atoms with Crippen LogP contribution in [0.5, 0.6) is 0 Å². The van der Waals surface area contributed by atoms with Crippen molar-refractivity contribution in [3.8, 4) is 0 Å². The van der Waals surface area contributed by atoms with E-state index in [1.54, 1.807) is 12.1 Å². The molecule has 3 N–H and O–H groups in total. The van der Waals surface area contributed by atoms with E-state index in [9.17, 15) is 9.59 Å². The van der Waals surface area contributed by atoms with Crippen molar-refractivity contribution in [2.45, 2.75) is 19.8 Å². The maximum Gasteiger partial charge on any atom is 0.337 e. The van der Waals surface area contributed by atoms with Crippen LogP contribution in [-0.4, -0.2) is 30.1 Å². The van der Waals surface area contributed by atoms with Crippen LogP contribution in [0.25, 0.3) is 0 Å². The summed E-state index contributed by atoms with van der Waals surface area (Å²) in [6, 6.07) is 4.58. The van der Waals surface area contributed by atoms with Crippen LogP contribution in [0.3, 0.4) is 0 Å². The van der Waals surface area contributed by atoms with Crippen molar-refractivity contribution >= 4 is 29.2 Å². The van der Waals surface area contributed by atoms with Gasteiger partial charge < -0.3 is 15.7 Å². The van der Waals surface area contributed by atoms with Gasteiger partial charge in [-0.1, -0.05) is 18.5 Å². The van der Waals surface area contributed by atoms with Gasteiger partial charge in [0.25, 0.3) is 0 Å². The largest absolute Gasteiger partial charge is 0.478 e. The van der Waals surface area contributed by atoms with E-state index >= 15 is 0 Å². The Balaban J connectivity index is 2.53. The summed E-state index contributed by atoms with van der Waals surface area (Å²) in [4.78, 5) is 22.4. The van der Waals surface area contributed by atoms with Gasteiger partial charge in [0.1, 0.15) is 0 Å². The number of aromatic carboxylic acids is 1. The predicted molar refractivity (Wildman–Crippen MR) is 74.8 cm³/mol. The zero-order valence-electron chi connectivity index (χ0n) is 10.7. The second-order valence-electron chi connectivity index (χ2n) is 4.02. The van der Waals surface area contributed by atoms with Crippen LogP contribution in [0.2, 0.25) is 5.02 Å². The van der Waals surface area contributed by atoms with E-state index in [0.717, 1.165) is 6.42 Å². The number of anilines is 1. The lowest BCUT2D eigenvalue weighted by Gasteiger charge is -2.10. The quantitative estimate of drug-likeness (QED) is 0.718. The average molecular weight is 285 g/mol. The highest BCUT2D eigenvalue weighted by Gasteiger charge is 2.10. The molecule has 0 spiro atoms. The monoisotopic (exact) mass is 284 g/mol. The number of halogens is 1. The van der Waals surface area contributed by atoms with Crippen LogP contribution < -0.4 is 10.6 Å². The van der Waals surface area contributed by atoms with E-state index in [2.05, 4.69) is 10.6 Å². The van der Waals surface area contributed by atoms with Gasteiger partial charge in [-0.3, -0.25) is 4.79 Å². The Labute approximate surface area is 117 Å². The van der Waals surface area contributed by atoms with Crippen molar-refractivity contribution in [2.24, 2.45) is 0 Å². The number of carboxylic acid groups (broad SMARTS) is 1. The Kier molecular flexibility index (Phi) is 6.15. The molecule has 0 fully saturated rings. The first-order valence-corrected chi connectivity index (χ1v) is 6.45. The van der Waals surface area contributed by atoms with E-state index < -0.39 is 5.97 Å². The fraction of sp³-hybridized carbons (Fsp3) is 0.385. The lowest BCUT2D eigenvalue weighted by Crippen LogP contribution is -2.26. The zero-order chi connectivity index (χ0) is 14.3. The first kappa shape index (κ1) is 15.3. The van der Waals surface area contributed by atoms with E-state index in [-0.39, 0.29) is 11.5 Å². The minimum atomic E-state index is -1.06. The second-order valence-corrected chi connectivity index (χ2v) is 4.46. The van der Waals surface area contributed by atoms with Gasteiger partial charge in [0.15, 0.2) is 0 Å². The van der Waals surface area contributed by atoms with Crippen molar-refractivity contribution in [1.29, 1.82) is 0 Å². The fourth-order valence-electron chi connectivity index (χ4n) is 1.51. The molecule has 0 saturated carbocycles. The molecule has 0 radical (unpaired) electrons. The summed E-state index contributed by atoms with van der Waals surface area (Å²) < 4.78 is 0. The van der Waals surface area contributed by atoms with Crippen LogP contribution >= 0.6 is 11.6 Å².